The summed E-state index contributed by atoms with van der Waals surface area (Å²) in [6, 6.07) is 5.25. The van der Waals surface area contributed by atoms with E-state index < -0.39 is 5.56 Å². The fourth-order valence-electron chi connectivity index (χ4n) is 3.81. The second-order valence-corrected chi connectivity index (χ2v) is 9.36. The minimum atomic E-state index is -0.434. The monoisotopic (exact) mass is 509 g/mol. The number of carbonyl (C=O) groups is 1. The van der Waals surface area contributed by atoms with E-state index in [0.717, 1.165) is 12.0 Å². The number of fused-ring (bicyclic) bond motifs is 3. The number of aromatic nitrogens is 2. The van der Waals surface area contributed by atoms with E-state index >= 15 is 0 Å². The first-order chi connectivity index (χ1) is 16.5. The van der Waals surface area contributed by atoms with Gasteiger partial charge >= 0.3 is 0 Å². The Labute approximate surface area is 208 Å². The first kappa shape index (κ1) is 24.8. The minimum absolute atomic E-state index is 0.0285. The number of rotatable bonds is 2. The molecule has 0 saturated heterocycles. The van der Waals surface area contributed by atoms with E-state index in [9.17, 15) is 9.59 Å². The number of hydrogen-bond acceptors (Lipinski definition) is 7. The Morgan fingerprint density at radius 3 is 2.82 bits per heavy atom. The van der Waals surface area contributed by atoms with Gasteiger partial charge in [-0.05, 0) is 30.5 Å². The van der Waals surface area contributed by atoms with Gasteiger partial charge in [0.25, 0.3) is 5.56 Å². The summed E-state index contributed by atoms with van der Waals surface area (Å²) in [6.45, 7) is 2.63. The maximum Gasteiger partial charge on any atom is 0.294 e. The highest BCUT2D eigenvalue weighted by Crippen LogP contribution is 2.34. The molecule has 3 N–H and O–H groups in total. The largest absolute Gasteiger partial charge is 0.491 e. The van der Waals surface area contributed by atoms with E-state index in [2.05, 4.69) is 20.9 Å². The molecule has 11 heteroatoms. The molecule has 2 aliphatic rings. The van der Waals surface area contributed by atoms with Crippen LogP contribution in [0.4, 0.5) is 5.82 Å². The van der Waals surface area contributed by atoms with Crippen LogP contribution < -0.4 is 26.2 Å². The number of benzene rings is 1. The summed E-state index contributed by atoms with van der Waals surface area (Å²) in [5.41, 5.74) is 0.287. The van der Waals surface area contributed by atoms with Crippen molar-refractivity contribution < 1.29 is 14.3 Å². The van der Waals surface area contributed by atoms with Gasteiger partial charge in [-0.3, -0.25) is 14.2 Å². The van der Waals surface area contributed by atoms with Crippen LogP contribution >= 0.6 is 23.2 Å². The van der Waals surface area contributed by atoms with E-state index in [4.69, 9.17) is 32.7 Å². The van der Waals surface area contributed by atoms with Gasteiger partial charge in [0, 0.05) is 36.3 Å². The minimum Gasteiger partial charge on any atom is -0.491 e. The van der Waals surface area contributed by atoms with Crippen LogP contribution in [0, 0.1) is 5.92 Å². The van der Waals surface area contributed by atoms with Crippen molar-refractivity contribution >= 4 is 34.9 Å². The smallest absolute Gasteiger partial charge is 0.294 e. The summed E-state index contributed by atoms with van der Waals surface area (Å²) in [6.07, 6.45) is 4.73. The zero-order valence-electron chi connectivity index (χ0n) is 18.8. The first-order valence-electron chi connectivity index (χ1n) is 11.5. The molecule has 1 atom stereocenters. The van der Waals surface area contributed by atoms with Crippen molar-refractivity contribution in [2.45, 2.75) is 38.4 Å². The number of nitrogens with one attached hydrogen (secondary N) is 3. The van der Waals surface area contributed by atoms with Gasteiger partial charge in [-0.1, -0.05) is 36.0 Å². The van der Waals surface area contributed by atoms with E-state index in [1.165, 1.54) is 23.6 Å². The van der Waals surface area contributed by atoms with Crippen molar-refractivity contribution in [2.24, 2.45) is 5.92 Å². The summed E-state index contributed by atoms with van der Waals surface area (Å²) in [5, 5.41) is 10.1. The summed E-state index contributed by atoms with van der Waals surface area (Å²) in [5.74, 6) is 1.08. The van der Waals surface area contributed by atoms with Crippen LogP contribution in [0.15, 0.2) is 29.2 Å². The lowest BCUT2D eigenvalue weighted by atomic mass is 10.1. The molecular weight excluding hydrogens is 481 g/mol. The lowest BCUT2D eigenvalue weighted by molar-refractivity contribution is -0.121. The lowest BCUT2D eigenvalue weighted by Gasteiger charge is -2.20. The van der Waals surface area contributed by atoms with Gasteiger partial charge in [-0.2, -0.15) is 0 Å². The third-order valence-corrected chi connectivity index (χ3v) is 6.30. The maximum absolute atomic E-state index is 13.1. The fraction of sp³-hybridized carbons (Fsp3) is 0.522. The van der Waals surface area contributed by atoms with E-state index in [-0.39, 0.29) is 36.0 Å². The van der Waals surface area contributed by atoms with Crippen molar-refractivity contribution in [3.63, 3.8) is 0 Å². The molecule has 2 aromatic rings. The number of ether oxygens (including phenoxy) is 2. The van der Waals surface area contributed by atoms with E-state index in [1.54, 1.807) is 18.2 Å². The zero-order chi connectivity index (χ0) is 23.9. The second-order valence-electron chi connectivity index (χ2n) is 8.53. The predicted octanol–water partition coefficient (Wildman–Crippen LogP) is 2.45. The molecule has 1 amide bonds. The molecule has 1 saturated carbocycles. The second kappa shape index (κ2) is 11.9. The molecule has 4 rings (SSSR count). The van der Waals surface area contributed by atoms with Gasteiger partial charge in [0.1, 0.15) is 24.1 Å². The van der Waals surface area contributed by atoms with E-state index in [0.29, 0.717) is 49.6 Å². The molecule has 184 valence electrons. The van der Waals surface area contributed by atoms with Crippen LogP contribution in [0.1, 0.15) is 24.8 Å². The molecule has 0 unspecified atom stereocenters. The Kier molecular flexibility index (Phi) is 8.66. The first-order valence-corrected chi connectivity index (χ1v) is 12.2. The average Bonchev–Trinajstić information content (AvgIpc) is 3.63. The Balaban J connectivity index is 1.53. The highest BCUT2D eigenvalue weighted by atomic mass is 35.5. The van der Waals surface area contributed by atoms with Gasteiger partial charge in [-0.15, -0.1) is 0 Å². The molecule has 1 aliphatic carbocycles. The number of halogens is 2. The number of carbonyl (C=O) groups excluding carboxylic acids is 1. The van der Waals surface area contributed by atoms with Gasteiger partial charge in [0.2, 0.25) is 5.91 Å². The average molecular weight is 510 g/mol. The van der Waals surface area contributed by atoms with Crippen molar-refractivity contribution in [1.82, 2.24) is 20.2 Å². The quantitative estimate of drug-likeness (QED) is 0.570. The van der Waals surface area contributed by atoms with Crippen molar-refractivity contribution in [2.75, 3.05) is 38.2 Å². The Morgan fingerprint density at radius 1 is 1.15 bits per heavy atom. The SMILES string of the molecule is O=C1Cn2c(Cl)cnc(c2=O)N[C@@H](CC2CC2)CNCCOCCOc2ccc(Cl)cc2CN1. The van der Waals surface area contributed by atoms with E-state index in [1.807, 2.05) is 0 Å². The van der Waals surface area contributed by atoms with Crippen LogP contribution in [0.5, 0.6) is 5.75 Å². The summed E-state index contributed by atoms with van der Waals surface area (Å²) < 4.78 is 12.7. The molecule has 34 heavy (non-hydrogen) atoms. The molecule has 2 bridgehead atoms. The highest BCUT2D eigenvalue weighted by Gasteiger charge is 2.26. The highest BCUT2D eigenvalue weighted by molar-refractivity contribution is 6.30. The molecule has 9 nitrogen and oxygen atoms in total. The Bertz CT molecular complexity index is 1060. The van der Waals surface area contributed by atoms with Crippen molar-refractivity contribution in [3.8, 4) is 5.75 Å². The Morgan fingerprint density at radius 2 is 2.00 bits per heavy atom. The van der Waals surface area contributed by atoms with Crippen LogP contribution in [-0.4, -0.2) is 54.4 Å². The van der Waals surface area contributed by atoms with Crippen LogP contribution in [0.25, 0.3) is 0 Å². The normalized spacial score (nSPS) is 20.5. The van der Waals surface area contributed by atoms with Crippen molar-refractivity contribution in [1.29, 1.82) is 0 Å². The number of nitrogens with zero attached hydrogens (tertiary/aromatic N) is 2. The summed E-state index contributed by atoms with van der Waals surface area (Å²) >= 11 is 12.4. The molecule has 0 spiro atoms. The summed E-state index contributed by atoms with van der Waals surface area (Å²) in [7, 11) is 0. The van der Waals surface area contributed by atoms with Crippen molar-refractivity contribution in [3.05, 3.63) is 50.5 Å². The molecule has 1 fully saturated rings. The van der Waals surface area contributed by atoms with Gasteiger partial charge in [0.15, 0.2) is 5.82 Å². The predicted molar refractivity (Wildman–Crippen MR) is 131 cm³/mol. The fourth-order valence-corrected chi connectivity index (χ4v) is 4.19. The molecule has 0 radical (unpaired) electrons. The molecule has 1 aromatic heterocycles. The molecule has 2 heterocycles. The number of hydrogen-bond donors (Lipinski definition) is 3. The number of anilines is 1. The zero-order valence-corrected chi connectivity index (χ0v) is 20.3. The number of amides is 1. The lowest BCUT2D eigenvalue weighted by Crippen LogP contribution is -2.39. The maximum atomic E-state index is 13.1. The third-order valence-electron chi connectivity index (χ3n) is 5.76. The third kappa shape index (κ3) is 7.09. The van der Waals surface area contributed by atoms with Gasteiger partial charge in [0.05, 0.1) is 19.4 Å². The van der Waals surface area contributed by atoms with Crippen LogP contribution in [0.3, 0.4) is 0 Å². The van der Waals surface area contributed by atoms with Gasteiger partial charge < -0.3 is 25.4 Å². The molecule has 1 aromatic carbocycles. The summed E-state index contributed by atoms with van der Waals surface area (Å²) in [4.78, 5) is 29.9. The van der Waals surface area contributed by atoms with Crippen LogP contribution in [-0.2, 0) is 22.6 Å². The standard InChI is InChI=1S/C23H29Cl2N5O4/c24-17-3-4-19-16(10-17)11-27-21(31)14-30-20(25)13-28-22(23(30)32)29-18(9-15-1-2-15)12-26-5-6-33-7-8-34-19/h3-4,10,13,15,18,26H,1-2,5-9,11-12,14H2,(H,27,31)(H,28,29)/t18-/m0/s1. The van der Waals surface area contributed by atoms with Crippen LogP contribution in [0.2, 0.25) is 10.2 Å². The molecule has 1 aliphatic heterocycles. The van der Waals surface area contributed by atoms with Gasteiger partial charge in [-0.25, -0.2) is 4.98 Å². The topological polar surface area (TPSA) is 107 Å². The molecular formula is C23H29Cl2N5O4. The Hall–Kier alpha value is -2.33.